The molecule has 0 fully saturated rings. The highest BCUT2D eigenvalue weighted by Gasteiger charge is 2.05. The Morgan fingerprint density at radius 3 is 2.62 bits per heavy atom. The smallest absolute Gasteiger partial charge is 0.191 e. The van der Waals surface area contributed by atoms with Crippen LogP contribution in [0, 0.1) is 0 Å². The van der Waals surface area contributed by atoms with Crippen LogP contribution in [-0.2, 0) is 13.0 Å². The van der Waals surface area contributed by atoms with E-state index in [0.717, 1.165) is 48.1 Å². The maximum Gasteiger partial charge on any atom is 0.191 e. The number of benzene rings is 2. The summed E-state index contributed by atoms with van der Waals surface area (Å²) in [6, 6.07) is 13.0. The Hall–Kier alpha value is -2.89. The minimum atomic E-state index is 0.287. The molecule has 6 nitrogen and oxygen atoms in total. The Morgan fingerprint density at radius 1 is 1.08 bits per heavy atom. The molecule has 0 aromatic heterocycles. The molecule has 0 atom stereocenters. The van der Waals surface area contributed by atoms with Crippen molar-refractivity contribution in [2.24, 2.45) is 4.99 Å². The monoisotopic (exact) mass is 357 g/mol. The fraction of sp³-hybridized carbons (Fsp3) is 0.350. The number of phenolic OH excluding ortho intramolecular Hbond substituents is 1. The topological polar surface area (TPSA) is 75.1 Å². The largest absolute Gasteiger partial charge is 0.508 e. The molecule has 140 valence electrons. The normalized spacial score (nSPS) is 11.1. The number of guanidine groups is 1. The predicted octanol–water partition coefficient (Wildman–Crippen LogP) is 2.71. The van der Waals surface area contributed by atoms with E-state index in [1.54, 1.807) is 26.4 Å². The van der Waals surface area contributed by atoms with Gasteiger partial charge in [-0.05, 0) is 43.2 Å². The minimum absolute atomic E-state index is 0.287. The van der Waals surface area contributed by atoms with Crippen LogP contribution in [0.3, 0.4) is 0 Å². The highest BCUT2D eigenvalue weighted by Crippen LogP contribution is 2.25. The molecule has 0 saturated carbocycles. The summed E-state index contributed by atoms with van der Waals surface area (Å²) in [6.07, 6.45) is 0.796. The van der Waals surface area contributed by atoms with Gasteiger partial charge in [0.15, 0.2) is 5.96 Å². The number of phenols is 1. The Morgan fingerprint density at radius 2 is 1.92 bits per heavy atom. The van der Waals surface area contributed by atoms with Crippen LogP contribution in [0.2, 0.25) is 0 Å². The lowest BCUT2D eigenvalue weighted by atomic mass is 10.1. The zero-order chi connectivity index (χ0) is 18.8. The summed E-state index contributed by atoms with van der Waals surface area (Å²) in [6.45, 7) is 4.02. The van der Waals surface area contributed by atoms with Crippen molar-refractivity contribution in [2.45, 2.75) is 19.9 Å². The van der Waals surface area contributed by atoms with Crippen LogP contribution >= 0.6 is 0 Å². The number of nitrogens with one attached hydrogen (secondary N) is 2. The third-order valence-electron chi connectivity index (χ3n) is 3.86. The summed E-state index contributed by atoms with van der Waals surface area (Å²) in [4.78, 5) is 4.62. The van der Waals surface area contributed by atoms with Gasteiger partial charge >= 0.3 is 0 Å². The summed E-state index contributed by atoms with van der Waals surface area (Å²) in [5.74, 6) is 2.54. The molecule has 0 heterocycles. The van der Waals surface area contributed by atoms with E-state index in [4.69, 9.17) is 9.47 Å². The molecule has 0 aliphatic carbocycles. The second-order valence-electron chi connectivity index (χ2n) is 5.72. The lowest BCUT2D eigenvalue weighted by Gasteiger charge is -2.13. The molecule has 0 aliphatic rings. The van der Waals surface area contributed by atoms with Gasteiger partial charge < -0.3 is 25.2 Å². The van der Waals surface area contributed by atoms with Crippen LogP contribution in [0.5, 0.6) is 17.2 Å². The second-order valence-corrected chi connectivity index (χ2v) is 5.72. The first-order chi connectivity index (χ1) is 12.7. The number of aromatic hydroxyl groups is 1. The van der Waals surface area contributed by atoms with Crippen molar-refractivity contribution in [3.05, 3.63) is 53.6 Å². The van der Waals surface area contributed by atoms with E-state index < -0.39 is 0 Å². The first kappa shape index (κ1) is 19.4. The van der Waals surface area contributed by atoms with Gasteiger partial charge in [0.1, 0.15) is 17.2 Å². The first-order valence-electron chi connectivity index (χ1n) is 8.67. The van der Waals surface area contributed by atoms with Gasteiger partial charge in [0.25, 0.3) is 0 Å². The van der Waals surface area contributed by atoms with Gasteiger partial charge in [-0.2, -0.15) is 0 Å². The first-order valence-corrected chi connectivity index (χ1v) is 8.67. The molecule has 0 unspecified atom stereocenters. The molecule has 2 aromatic carbocycles. The van der Waals surface area contributed by atoms with Crippen LogP contribution in [0.4, 0.5) is 0 Å². The quantitative estimate of drug-likeness (QED) is 0.500. The Labute approximate surface area is 154 Å². The van der Waals surface area contributed by atoms with Crippen molar-refractivity contribution in [3.63, 3.8) is 0 Å². The van der Waals surface area contributed by atoms with Gasteiger partial charge in [-0.15, -0.1) is 0 Å². The maximum atomic E-state index is 9.53. The summed E-state index contributed by atoms with van der Waals surface area (Å²) >= 11 is 0. The van der Waals surface area contributed by atoms with E-state index in [9.17, 15) is 5.11 Å². The molecular formula is C20H27N3O3. The van der Waals surface area contributed by atoms with E-state index in [1.807, 2.05) is 37.3 Å². The standard InChI is InChI=1S/C20H27N3O3/c1-4-21-20(22-11-10-15-6-5-7-17(24)12-15)23-14-16-8-9-18(25-2)13-19(16)26-3/h5-9,12-13,24H,4,10-11,14H2,1-3H3,(H2,21,22,23). The Balaban J connectivity index is 1.97. The van der Waals surface area contributed by atoms with Crippen molar-refractivity contribution in [1.29, 1.82) is 0 Å². The zero-order valence-electron chi connectivity index (χ0n) is 15.6. The third kappa shape index (κ3) is 5.88. The molecule has 2 rings (SSSR count). The van der Waals surface area contributed by atoms with Gasteiger partial charge in [-0.1, -0.05) is 12.1 Å². The van der Waals surface area contributed by atoms with Crippen LogP contribution < -0.4 is 20.1 Å². The Bertz CT molecular complexity index is 732. The molecule has 0 saturated heterocycles. The van der Waals surface area contributed by atoms with Gasteiger partial charge in [0.2, 0.25) is 0 Å². The van der Waals surface area contributed by atoms with E-state index in [-0.39, 0.29) is 5.75 Å². The van der Waals surface area contributed by atoms with Crippen molar-refractivity contribution in [3.8, 4) is 17.2 Å². The minimum Gasteiger partial charge on any atom is -0.508 e. The summed E-state index contributed by atoms with van der Waals surface area (Å²) in [7, 11) is 3.27. The SMILES string of the molecule is CCNC(=NCc1ccc(OC)cc1OC)NCCc1cccc(O)c1. The molecule has 6 heteroatoms. The number of rotatable bonds is 8. The summed E-state index contributed by atoms with van der Waals surface area (Å²) in [5.41, 5.74) is 2.06. The Kier molecular flexibility index (Phi) is 7.61. The fourth-order valence-corrected chi connectivity index (χ4v) is 2.53. The molecule has 0 aliphatic heterocycles. The number of nitrogens with zero attached hydrogens (tertiary/aromatic N) is 1. The molecule has 3 N–H and O–H groups in total. The van der Waals surface area contributed by atoms with E-state index in [0.29, 0.717) is 6.54 Å². The molecule has 2 aromatic rings. The number of ether oxygens (including phenoxy) is 2. The van der Waals surface area contributed by atoms with E-state index in [2.05, 4.69) is 15.6 Å². The second kappa shape index (κ2) is 10.2. The highest BCUT2D eigenvalue weighted by atomic mass is 16.5. The number of hydrogen-bond acceptors (Lipinski definition) is 4. The molecule has 0 radical (unpaired) electrons. The summed E-state index contributed by atoms with van der Waals surface area (Å²) in [5, 5.41) is 16.1. The van der Waals surface area contributed by atoms with Gasteiger partial charge in [0.05, 0.1) is 20.8 Å². The molecular weight excluding hydrogens is 330 g/mol. The van der Waals surface area contributed by atoms with Gasteiger partial charge in [0, 0.05) is 24.7 Å². The third-order valence-corrected chi connectivity index (χ3v) is 3.86. The average Bonchev–Trinajstić information content (AvgIpc) is 2.66. The van der Waals surface area contributed by atoms with Crippen LogP contribution in [-0.4, -0.2) is 38.4 Å². The number of methoxy groups -OCH3 is 2. The van der Waals surface area contributed by atoms with Crippen molar-refractivity contribution in [2.75, 3.05) is 27.3 Å². The van der Waals surface area contributed by atoms with Crippen LogP contribution in [0.25, 0.3) is 0 Å². The van der Waals surface area contributed by atoms with Gasteiger partial charge in [-0.25, -0.2) is 4.99 Å². The zero-order valence-corrected chi connectivity index (χ0v) is 15.6. The lowest BCUT2D eigenvalue weighted by molar-refractivity contribution is 0.391. The molecule has 26 heavy (non-hydrogen) atoms. The maximum absolute atomic E-state index is 9.53. The molecule has 0 spiro atoms. The van der Waals surface area contributed by atoms with Crippen molar-refractivity contribution < 1.29 is 14.6 Å². The highest BCUT2D eigenvalue weighted by molar-refractivity contribution is 5.79. The van der Waals surface area contributed by atoms with E-state index >= 15 is 0 Å². The van der Waals surface area contributed by atoms with Crippen molar-refractivity contribution in [1.82, 2.24) is 10.6 Å². The lowest BCUT2D eigenvalue weighted by Crippen LogP contribution is -2.38. The van der Waals surface area contributed by atoms with Crippen LogP contribution in [0.1, 0.15) is 18.1 Å². The predicted molar refractivity (Wildman–Crippen MR) is 104 cm³/mol. The van der Waals surface area contributed by atoms with Gasteiger partial charge in [-0.3, -0.25) is 0 Å². The van der Waals surface area contributed by atoms with Crippen molar-refractivity contribution >= 4 is 5.96 Å². The van der Waals surface area contributed by atoms with Crippen LogP contribution in [0.15, 0.2) is 47.5 Å². The molecule has 0 bridgehead atoms. The average molecular weight is 357 g/mol. The fourth-order valence-electron chi connectivity index (χ4n) is 2.53. The summed E-state index contributed by atoms with van der Waals surface area (Å²) < 4.78 is 10.6. The molecule has 0 amide bonds. The van der Waals surface area contributed by atoms with E-state index in [1.165, 1.54) is 0 Å². The number of aliphatic imine (C=N–C) groups is 1. The number of hydrogen-bond donors (Lipinski definition) is 3.